The normalized spacial score (nSPS) is 10.6. The summed E-state index contributed by atoms with van der Waals surface area (Å²) in [5.41, 5.74) is 1.03. The van der Waals surface area contributed by atoms with Crippen LogP contribution in [0.25, 0.3) is 10.2 Å². The van der Waals surface area contributed by atoms with E-state index in [9.17, 15) is 9.18 Å². The number of hydrogen-bond acceptors (Lipinski definition) is 4. The Morgan fingerprint density at radius 3 is 2.90 bits per heavy atom. The average molecular weight is 302 g/mol. The molecule has 3 rings (SSSR count). The maximum absolute atomic E-state index is 13.1. The molecule has 0 saturated carbocycles. The second-order valence-corrected chi connectivity index (χ2v) is 5.35. The lowest BCUT2D eigenvalue weighted by atomic mass is 10.2. The number of fused-ring (bicyclic) bond motifs is 1. The van der Waals surface area contributed by atoms with Crippen LogP contribution in [-0.4, -0.2) is 18.0 Å². The van der Waals surface area contributed by atoms with Gasteiger partial charge in [-0.25, -0.2) is 9.37 Å². The Kier molecular flexibility index (Phi) is 3.53. The zero-order chi connectivity index (χ0) is 14.8. The van der Waals surface area contributed by atoms with Gasteiger partial charge in [0.05, 0.1) is 17.3 Å². The maximum Gasteiger partial charge on any atom is 0.257 e. The van der Waals surface area contributed by atoms with Gasteiger partial charge in [0, 0.05) is 5.56 Å². The molecule has 4 nitrogen and oxygen atoms in total. The predicted octanol–water partition coefficient (Wildman–Crippen LogP) is 3.70. The molecule has 0 unspecified atom stereocenters. The molecule has 6 heteroatoms. The molecule has 0 saturated heterocycles. The van der Waals surface area contributed by atoms with Gasteiger partial charge in [-0.15, -0.1) is 0 Å². The fourth-order valence-corrected chi connectivity index (χ4v) is 2.77. The van der Waals surface area contributed by atoms with Crippen molar-refractivity contribution in [1.29, 1.82) is 0 Å². The molecule has 0 atom stereocenters. The van der Waals surface area contributed by atoms with Gasteiger partial charge >= 0.3 is 0 Å². The molecule has 0 radical (unpaired) electrons. The van der Waals surface area contributed by atoms with Crippen LogP contribution in [0.5, 0.6) is 5.75 Å². The lowest BCUT2D eigenvalue weighted by molar-refractivity contribution is 0.102. The Bertz CT molecular complexity index is 816. The number of nitrogens with one attached hydrogen (secondary N) is 1. The first-order chi connectivity index (χ1) is 10.2. The van der Waals surface area contributed by atoms with Crippen molar-refractivity contribution in [3.8, 4) is 5.75 Å². The topological polar surface area (TPSA) is 51.2 Å². The van der Waals surface area contributed by atoms with Gasteiger partial charge in [0.2, 0.25) is 0 Å². The predicted molar refractivity (Wildman–Crippen MR) is 80.5 cm³/mol. The van der Waals surface area contributed by atoms with Gasteiger partial charge < -0.3 is 4.74 Å². The Labute approximate surface area is 124 Å². The summed E-state index contributed by atoms with van der Waals surface area (Å²) in [7, 11) is 1.59. The molecule has 1 aromatic heterocycles. The first-order valence-electron chi connectivity index (χ1n) is 6.17. The lowest BCUT2D eigenvalue weighted by Crippen LogP contribution is -2.11. The zero-order valence-corrected chi connectivity index (χ0v) is 11.9. The first-order valence-corrected chi connectivity index (χ1v) is 6.99. The van der Waals surface area contributed by atoms with Crippen LogP contribution in [0.1, 0.15) is 10.4 Å². The first kappa shape index (κ1) is 13.5. The molecule has 0 aliphatic heterocycles. The standard InChI is InChI=1S/C15H11FN2O2S/c1-20-11-5-6-12-13(8-11)21-15(17-12)18-14(19)9-3-2-4-10(16)7-9/h2-8H,1H3,(H,17,18,19)/i16+0. The molecule has 1 N–H and O–H groups in total. The smallest absolute Gasteiger partial charge is 0.257 e. The van der Waals surface area contributed by atoms with E-state index in [1.165, 1.54) is 29.5 Å². The molecule has 0 aliphatic carbocycles. The SMILES string of the molecule is COc1ccc2nc(NC(=O)c3cccc([19F])c3)sc2c1. The fraction of sp³-hybridized carbons (Fsp3) is 0.0667. The summed E-state index contributed by atoms with van der Waals surface area (Å²) in [4.78, 5) is 16.3. The summed E-state index contributed by atoms with van der Waals surface area (Å²) in [5, 5.41) is 3.14. The van der Waals surface area contributed by atoms with E-state index < -0.39 is 5.82 Å². The van der Waals surface area contributed by atoms with Crippen LogP contribution in [0, 0.1) is 5.82 Å². The Morgan fingerprint density at radius 1 is 1.29 bits per heavy atom. The fourth-order valence-electron chi connectivity index (χ4n) is 1.88. The van der Waals surface area contributed by atoms with Gasteiger partial charge in [-0.1, -0.05) is 17.4 Å². The zero-order valence-electron chi connectivity index (χ0n) is 11.1. The van der Waals surface area contributed by atoms with Gasteiger partial charge in [0.1, 0.15) is 11.6 Å². The monoisotopic (exact) mass is 302 g/mol. The van der Waals surface area contributed by atoms with Crippen LogP contribution >= 0.6 is 11.3 Å². The highest BCUT2D eigenvalue weighted by Crippen LogP contribution is 2.29. The van der Waals surface area contributed by atoms with Gasteiger partial charge in [0.25, 0.3) is 5.91 Å². The minimum Gasteiger partial charge on any atom is -0.497 e. The third-order valence-electron chi connectivity index (χ3n) is 2.90. The molecule has 3 aromatic rings. The summed E-state index contributed by atoms with van der Waals surface area (Å²) >= 11 is 1.34. The molecule has 106 valence electrons. The largest absolute Gasteiger partial charge is 0.497 e. The number of rotatable bonds is 3. The van der Waals surface area contributed by atoms with Crippen molar-refractivity contribution < 1.29 is 13.9 Å². The van der Waals surface area contributed by atoms with Gasteiger partial charge in [0.15, 0.2) is 5.13 Å². The van der Waals surface area contributed by atoms with Crippen molar-refractivity contribution in [3.63, 3.8) is 0 Å². The van der Waals surface area contributed by atoms with E-state index in [1.807, 2.05) is 12.1 Å². The molecule has 21 heavy (non-hydrogen) atoms. The average Bonchev–Trinajstić information content (AvgIpc) is 2.88. The number of ether oxygens (including phenoxy) is 1. The van der Waals surface area contributed by atoms with Gasteiger partial charge in [-0.05, 0) is 36.4 Å². The number of halogens is 1. The lowest BCUT2D eigenvalue weighted by Gasteiger charge is -2.00. The molecule has 0 fully saturated rings. The number of benzene rings is 2. The van der Waals surface area contributed by atoms with Crippen molar-refractivity contribution in [1.82, 2.24) is 4.98 Å². The number of carbonyl (C=O) groups excluding carboxylic acids is 1. The molecular formula is C15H11FN2O2S. The molecule has 1 heterocycles. The number of thiazole rings is 1. The van der Waals surface area contributed by atoms with E-state index in [-0.39, 0.29) is 11.5 Å². The maximum atomic E-state index is 13.1. The highest BCUT2D eigenvalue weighted by atomic mass is 32.1. The molecule has 0 bridgehead atoms. The molecule has 0 aliphatic rings. The quantitative estimate of drug-likeness (QED) is 0.802. The van der Waals surface area contributed by atoms with Crippen molar-refractivity contribution >= 4 is 32.6 Å². The van der Waals surface area contributed by atoms with Crippen LogP contribution in [-0.2, 0) is 0 Å². The van der Waals surface area contributed by atoms with E-state index >= 15 is 0 Å². The van der Waals surface area contributed by atoms with Crippen molar-refractivity contribution in [2.24, 2.45) is 0 Å². The van der Waals surface area contributed by atoms with Crippen LogP contribution < -0.4 is 10.1 Å². The van der Waals surface area contributed by atoms with Crippen LogP contribution in [0.15, 0.2) is 42.5 Å². The number of hydrogen-bond donors (Lipinski definition) is 1. The van der Waals surface area contributed by atoms with Gasteiger partial charge in [-0.3, -0.25) is 10.1 Å². The highest BCUT2D eigenvalue weighted by molar-refractivity contribution is 7.22. The van der Waals surface area contributed by atoms with E-state index in [2.05, 4.69) is 10.3 Å². The summed E-state index contributed by atoms with van der Waals surface area (Å²) in [6.45, 7) is 0. The van der Waals surface area contributed by atoms with Crippen LogP contribution in [0.4, 0.5) is 9.52 Å². The van der Waals surface area contributed by atoms with Gasteiger partial charge in [-0.2, -0.15) is 0 Å². The summed E-state index contributed by atoms with van der Waals surface area (Å²) in [6.07, 6.45) is 0. The second kappa shape index (κ2) is 5.49. The number of nitrogens with zero attached hydrogens (tertiary/aromatic N) is 1. The van der Waals surface area contributed by atoms with E-state index in [0.717, 1.165) is 16.0 Å². The molecular weight excluding hydrogens is 291 g/mol. The summed E-state index contributed by atoms with van der Waals surface area (Å²) in [6, 6.07) is 11.0. The Hall–Kier alpha value is -2.47. The third kappa shape index (κ3) is 2.85. The summed E-state index contributed by atoms with van der Waals surface area (Å²) < 4.78 is 19.2. The molecule has 1 amide bonds. The number of carbonyl (C=O) groups is 1. The van der Waals surface area contributed by atoms with Crippen LogP contribution in [0.2, 0.25) is 0 Å². The summed E-state index contributed by atoms with van der Waals surface area (Å²) in [5.74, 6) is -0.105. The minimum atomic E-state index is -0.448. The third-order valence-corrected chi connectivity index (χ3v) is 3.84. The number of aromatic nitrogens is 1. The van der Waals surface area contributed by atoms with Crippen molar-refractivity contribution in [3.05, 3.63) is 53.8 Å². The second-order valence-electron chi connectivity index (χ2n) is 4.32. The highest BCUT2D eigenvalue weighted by Gasteiger charge is 2.11. The minimum absolute atomic E-state index is 0.256. The van der Waals surface area contributed by atoms with Crippen molar-refractivity contribution in [2.75, 3.05) is 12.4 Å². The Balaban J connectivity index is 1.86. The Morgan fingerprint density at radius 2 is 2.14 bits per heavy atom. The van der Waals surface area contributed by atoms with Crippen LogP contribution in [0.3, 0.4) is 0 Å². The van der Waals surface area contributed by atoms with E-state index in [1.54, 1.807) is 19.2 Å². The van der Waals surface area contributed by atoms with E-state index in [4.69, 9.17) is 4.74 Å². The molecule has 0 spiro atoms. The number of anilines is 1. The molecule has 2 aromatic carbocycles. The van der Waals surface area contributed by atoms with Crippen molar-refractivity contribution in [2.45, 2.75) is 0 Å². The van der Waals surface area contributed by atoms with E-state index in [0.29, 0.717) is 5.13 Å². The number of amides is 1. The number of methoxy groups -OCH3 is 1.